The summed E-state index contributed by atoms with van der Waals surface area (Å²) in [4.78, 5) is 21.4. The molecule has 1 aromatic rings. The largest absolute Gasteiger partial charge is 0.382 e. The zero-order valence-electron chi connectivity index (χ0n) is 9.58. The Labute approximate surface area is 98.5 Å². The predicted octanol–water partition coefficient (Wildman–Crippen LogP) is 1.95. The van der Waals surface area contributed by atoms with Crippen molar-refractivity contribution < 1.29 is 14.8 Å². The third-order valence-electron chi connectivity index (χ3n) is 2.11. The van der Waals surface area contributed by atoms with Gasteiger partial charge in [-0.1, -0.05) is 18.2 Å². The standard InChI is InChI=1S/C12H13NO4/c1-12(2,15)11(14)7-6-9-4-3-5-10(8-9)13(16)17/h3-8,15H,1-2H3/b7-6+. The third-order valence-corrected chi connectivity index (χ3v) is 2.11. The number of rotatable bonds is 4. The van der Waals surface area contributed by atoms with Crippen LogP contribution in [0.5, 0.6) is 0 Å². The van der Waals surface area contributed by atoms with Crippen molar-refractivity contribution in [3.63, 3.8) is 0 Å². The van der Waals surface area contributed by atoms with Gasteiger partial charge in [0.15, 0.2) is 5.78 Å². The first kappa shape index (κ1) is 13.1. The molecule has 0 aromatic heterocycles. The minimum absolute atomic E-state index is 0.0390. The highest BCUT2D eigenvalue weighted by Gasteiger charge is 2.20. The van der Waals surface area contributed by atoms with Crippen molar-refractivity contribution in [2.24, 2.45) is 0 Å². The third kappa shape index (κ3) is 3.81. The molecule has 0 aliphatic carbocycles. The molecule has 1 N–H and O–H groups in total. The maximum atomic E-state index is 11.4. The van der Waals surface area contributed by atoms with Crippen molar-refractivity contribution in [1.82, 2.24) is 0 Å². The molecule has 5 heteroatoms. The molecule has 1 rings (SSSR count). The van der Waals surface area contributed by atoms with Crippen LogP contribution in [0.4, 0.5) is 5.69 Å². The van der Waals surface area contributed by atoms with Crippen LogP contribution in [-0.2, 0) is 4.79 Å². The van der Waals surface area contributed by atoms with Gasteiger partial charge in [-0.25, -0.2) is 0 Å². The number of benzene rings is 1. The van der Waals surface area contributed by atoms with Crippen molar-refractivity contribution in [2.45, 2.75) is 19.4 Å². The van der Waals surface area contributed by atoms with E-state index in [9.17, 15) is 20.0 Å². The van der Waals surface area contributed by atoms with Gasteiger partial charge >= 0.3 is 0 Å². The van der Waals surface area contributed by atoms with Crippen LogP contribution in [0.15, 0.2) is 30.3 Å². The summed E-state index contributed by atoms with van der Waals surface area (Å²) in [6.07, 6.45) is 2.65. The number of ketones is 1. The van der Waals surface area contributed by atoms with Gasteiger partial charge in [-0.15, -0.1) is 0 Å². The number of carbonyl (C=O) groups excluding carboxylic acids is 1. The van der Waals surface area contributed by atoms with Crippen LogP contribution in [0.2, 0.25) is 0 Å². The number of aliphatic hydroxyl groups is 1. The molecule has 0 atom stereocenters. The molecule has 0 spiro atoms. The van der Waals surface area contributed by atoms with Crippen LogP contribution < -0.4 is 0 Å². The summed E-state index contributed by atoms with van der Waals surface area (Å²) < 4.78 is 0. The van der Waals surface area contributed by atoms with E-state index >= 15 is 0 Å². The van der Waals surface area contributed by atoms with Crippen molar-refractivity contribution in [1.29, 1.82) is 0 Å². The van der Waals surface area contributed by atoms with Crippen LogP contribution >= 0.6 is 0 Å². The van der Waals surface area contributed by atoms with E-state index in [0.717, 1.165) is 0 Å². The zero-order chi connectivity index (χ0) is 13.1. The predicted molar refractivity (Wildman–Crippen MR) is 63.4 cm³/mol. The van der Waals surface area contributed by atoms with Gasteiger partial charge in [-0.05, 0) is 25.5 Å². The SMILES string of the molecule is CC(C)(O)C(=O)/C=C/c1cccc([N+](=O)[O-])c1. The first-order valence-corrected chi connectivity index (χ1v) is 5.00. The summed E-state index contributed by atoms with van der Waals surface area (Å²) >= 11 is 0. The molecule has 0 aliphatic rings. The van der Waals surface area contributed by atoms with Crippen LogP contribution in [0.1, 0.15) is 19.4 Å². The lowest BCUT2D eigenvalue weighted by Gasteiger charge is -2.11. The van der Waals surface area contributed by atoms with Gasteiger partial charge in [0, 0.05) is 12.1 Å². The lowest BCUT2D eigenvalue weighted by molar-refractivity contribution is -0.384. The summed E-state index contributed by atoms with van der Waals surface area (Å²) in [7, 11) is 0. The van der Waals surface area contributed by atoms with E-state index in [4.69, 9.17) is 0 Å². The average molecular weight is 235 g/mol. The van der Waals surface area contributed by atoms with Gasteiger partial charge in [-0.3, -0.25) is 14.9 Å². The van der Waals surface area contributed by atoms with Crippen LogP contribution in [0, 0.1) is 10.1 Å². The Kier molecular flexibility index (Phi) is 3.75. The Morgan fingerprint density at radius 1 is 1.47 bits per heavy atom. The minimum Gasteiger partial charge on any atom is -0.382 e. The lowest BCUT2D eigenvalue weighted by Crippen LogP contribution is -2.29. The van der Waals surface area contributed by atoms with Crippen molar-refractivity contribution >= 4 is 17.5 Å². The highest BCUT2D eigenvalue weighted by Crippen LogP contribution is 2.14. The van der Waals surface area contributed by atoms with Crippen molar-refractivity contribution in [2.75, 3.05) is 0 Å². The van der Waals surface area contributed by atoms with E-state index in [-0.39, 0.29) is 5.69 Å². The number of nitro groups is 1. The van der Waals surface area contributed by atoms with Crippen molar-refractivity contribution in [3.05, 3.63) is 46.0 Å². The quantitative estimate of drug-likeness (QED) is 0.491. The summed E-state index contributed by atoms with van der Waals surface area (Å²) in [6.45, 7) is 2.76. The molecule has 0 unspecified atom stereocenters. The van der Waals surface area contributed by atoms with E-state index in [2.05, 4.69) is 0 Å². The van der Waals surface area contributed by atoms with Crippen molar-refractivity contribution in [3.8, 4) is 0 Å². The lowest BCUT2D eigenvalue weighted by atomic mass is 10.0. The van der Waals surface area contributed by atoms with Gasteiger partial charge in [0.2, 0.25) is 0 Å². The first-order valence-electron chi connectivity index (χ1n) is 5.00. The number of carbonyl (C=O) groups is 1. The molecule has 0 amide bonds. The topological polar surface area (TPSA) is 80.4 Å². The highest BCUT2D eigenvalue weighted by atomic mass is 16.6. The summed E-state index contributed by atoms with van der Waals surface area (Å²) in [5.41, 5.74) is -0.934. The fraction of sp³-hybridized carbons (Fsp3) is 0.250. The number of hydrogen-bond donors (Lipinski definition) is 1. The Morgan fingerprint density at radius 2 is 2.12 bits per heavy atom. The number of hydrogen-bond acceptors (Lipinski definition) is 4. The van der Waals surface area contributed by atoms with E-state index < -0.39 is 16.3 Å². The number of non-ortho nitro benzene ring substituents is 1. The molecule has 0 saturated heterocycles. The minimum atomic E-state index is -1.43. The maximum Gasteiger partial charge on any atom is 0.270 e. The van der Waals surface area contributed by atoms with Gasteiger partial charge < -0.3 is 5.11 Å². The zero-order valence-corrected chi connectivity index (χ0v) is 9.58. The number of nitrogens with zero attached hydrogens (tertiary/aromatic N) is 1. The Hall–Kier alpha value is -2.01. The molecule has 1 aromatic carbocycles. The Bertz CT molecular complexity index is 472. The normalized spacial score (nSPS) is 11.7. The molecule has 0 saturated carbocycles. The van der Waals surface area contributed by atoms with E-state index in [0.29, 0.717) is 5.56 Å². The maximum absolute atomic E-state index is 11.4. The monoisotopic (exact) mass is 235 g/mol. The van der Waals surface area contributed by atoms with E-state index in [1.165, 1.54) is 44.2 Å². The van der Waals surface area contributed by atoms with Gasteiger partial charge in [-0.2, -0.15) is 0 Å². The average Bonchev–Trinajstić information content (AvgIpc) is 2.25. The fourth-order valence-corrected chi connectivity index (χ4v) is 1.12. The van der Waals surface area contributed by atoms with E-state index in [1.807, 2.05) is 0 Å². The van der Waals surface area contributed by atoms with Gasteiger partial charge in [0.05, 0.1) is 4.92 Å². The van der Waals surface area contributed by atoms with Crippen LogP contribution in [-0.4, -0.2) is 21.4 Å². The molecule has 0 heterocycles. The second-order valence-electron chi connectivity index (χ2n) is 4.11. The molecule has 0 fully saturated rings. The second-order valence-corrected chi connectivity index (χ2v) is 4.11. The molecule has 0 bridgehead atoms. The first-order chi connectivity index (χ1) is 7.80. The molecule has 0 aliphatic heterocycles. The fourth-order valence-electron chi connectivity index (χ4n) is 1.12. The van der Waals surface area contributed by atoms with Gasteiger partial charge in [0.1, 0.15) is 5.60 Å². The molecule has 17 heavy (non-hydrogen) atoms. The summed E-state index contributed by atoms with van der Waals surface area (Å²) in [5.74, 6) is -0.455. The molecular formula is C12H13NO4. The van der Waals surface area contributed by atoms with Gasteiger partial charge in [0.25, 0.3) is 5.69 Å². The van der Waals surface area contributed by atoms with E-state index in [1.54, 1.807) is 6.07 Å². The second kappa shape index (κ2) is 4.88. The molecule has 5 nitrogen and oxygen atoms in total. The van der Waals surface area contributed by atoms with Crippen LogP contribution in [0.25, 0.3) is 6.08 Å². The molecular weight excluding hydrogens is 222 g/mol. The van der Waals surface area contributed by atoms with Crippen LogP contribution in [0.3, 0.4) is 0 Å². The molecule has 90 valence electrons. The summed E-state index contributed by atoms with van der Waals surface area (Å²) in [5, 5.41) is 19.9. The Morgan fingerprint density at radius 3 is 2.65 bits per heavy atom. The summed E-state index contributed by atoms with van der Waals surface area (Å²) in [6, 6.07) is 5.90. The smallest absolute Gasteiger partial charge is 0.270 e. The highest BCUT2D eigenvalue weighted by molar-refractivity contribution is 5.99. The number of nitro benzene ring substituents is 1. The molecule has 0 radical (unpaired) electrons. The Balaban J connectivity index is 2.89.